The number of rotatable bonds is 3. The lowest BCUT2D eigenvalue weighted by atomic mass is 9.78. The molecule has 0 radical (unpaired) electrons. The number of anilines is 1. The monoisotopic (exact) mass is 437 g/mol. The molecule has 1 aromatic rings. The second-order valence-corrected chi connectivity index (χ2v) is 11.6. The zero-order valence-electron chi connectivity index (χ0n) is 18.2. The van der Waals surface area contributed by atoms with E-state index in [0.717, 1.165) is 5.56 Å². The van der Waals surface area contributed by atoms with E-state index >= 15 is 0 Å². The molecule has 2 aliphatic rings. The van der Waals surface area contributed by atoms with E-state index in [1.54, 1.807) is 39.0 Å². The van der Waals surface area contributed by atoms with Crippen molar-refractivity contribution in [1.29, 1.82) is 0 Å². The van der Waals surface area contributed by atoms with Gasteiger partial charge in [0.1, 0.15) is 5.60 Å². The first-order chi connectivity index (χ1) is 13.8. The van der Waals surface area contributed by atoms with Crippen molar-refractivity contribution >= 4 is 27.7 Å². The summed E-state index contributed by atoms with van der Waals surface area (Å²) in [6, 6.07) is 4.76. The zero-order valence-corrected chi connectivity index (χ0v) is 19.1. The van der Waals surface area contributed by atoms with E-state index in [9.17, 15) is 18.0 Å². The Morgan fingerprint density at radius 3 is 2.47 bits per heavy atom. The molecule has 1 saturated heterocycles. The summed E-state index contributed by atoms with van der Waals surface area (Å²) in [5.74, 6) is -0.0670. The Hall–Kier alpha value is -2.13. The lowest BCUT2D eigenvalue weighted by molar-refractivity contribution is -0.117. The molecule has 0 saturated carbocycles. The van der Waals surface area contributed by atoms with Gasteiger partial charge in [-0.05, 0) is 57.4 Å². The van der Waals surface area contributed by atoms with Crippen molar-refractivity contribution in [3.63, 3.8) is 0 Å². The van der Waals surface area contributed by atoms with Gasteiger partial charge in [-0.3, -0.25) is 4.79 Å². The molecule has 0 aromatic heterocycles. The minimum atomic E-state index is -3.66. The summed E-state index contributed by atoms with van der Waals surface area (Å²) in [5, 5.41) is 5.63. The van der Waals surface area contributed by atoms with Crippen molar-refractivity contribution in [3.8, 4) is 0 Å². The summed E-state index contributed by atoms with van der Waals surface area (Å²) in [6.45, 7) is 9.91. The van der Waals surface area contributed by atoms with Crippen LogP contribution in [0.3, 0.4) is 0 Å². The highest BCUT2D eigenvalue weighted by Gasteiger charge is 2.35. The second kappa shape index (κ2) is 7.85. The molecule has 30 heavy (non-hydrogen) atoms. The molecule has 2 heterocycles. The SMILES string of the molecule is CC(C)(C)OC(=O)NC1CCN(S(=O)(=O)c2ccc3c(c2)C(C)(C)CC(=O)N3)CC1. The van der Waals surface area contributed by atoms with E-state index in [2.05, 4.69) is 10.6 Å². The average Bonchev–Trinajstić information content (AvgIpc) is 2.59. The molecular weight excluding hydrogens is 406 g/mol. The molecule has 2 amide bonds. The Kier molecular flexibility index (Phi) is 5.90. The van der Waals surface area contributed by atoms with Gasteiger partial charge in [0.2, 0.25) is 15.9 Å². The van der Waals surface area contributed by atoms with E-state index in [4.69, 9.17) is 4.74 Å². The first-order valence-electron chi connectivity index (χ1n) is 10.2. The minimum absolute atomic E-state index is 0.0670. The Morgan fingerprint density at radius 2 is 1.87 bits per heavy atom. The quantitative estimate of drug-likeness (QED) is 0.756. The molecule has 0 bridgehead atoms. The summed E-state index contributed by atoms with van der Waals surface area (Å²) < 4.78 is 33.1. The maximum Gasteiger partial charge on any atom is 0.407 e. The van der Waals surface area contributed by atoms with E-state index in [1.807, 2.05) is 13.8 Å². The minimum Gasteiger partial charge on any atom is -0.444 e. The molecule has 1 aromatic carbocycles. The number of nitrogens with zero attached hydrogens (tertiary/aromatic N) is 1. The molecule has 166 valence electrons. The van der Waals surface area contributed by atoms with Gasteiger partial charge in [-0.2, -0.15) is 4.31 Å². The molecule has 2 N–H and O–H groups in total. The van der Waals surface area contributed by atoms with Crippen LogP contribution in [-0.2, 0) is 25.0 Å². The van der Waals surface area contributed by atoms with Crippen LogP contribution in [0, 0.1) is 0 Å². The highest BCUT2D eigenvalue weighted by Crippen LogP contribution is 2.38. The number of hydrogen-bond acceptors (Lipinski definition) is 5. The number of carbonyl (C=O) groups is 2. The number of benzene rings is 1. The number of piperidine rings is 1. The topological polar surface area (TPSA) is 105 Å². The molecule has 2 aliphatic heterocycles. The Labute approximate surface area is 178 Å². The maximum atomic E-state index is 13.2. The summed E-state index contributed by atoms with van der Waals surface area (Å²) in [6.07, 6.45) is 0.865. The number of sulfonamides is 1. The van der Waals surface area contributed by atoms with Gasteiger partial charge in [0.05, 0.1) is 4.90 Å². The Balaban J connectivity index is 1.69. The van der Waals surface area contributed by atoms with Crippen LogP contribution < -0.4 is 10.6 Å². The van der Waals surface area contributed by atoms with Crippen molar-refractivity contribution in [2.24, 2.45) is 0 Å². The lowest BCUT2D eigenvalue weighted by Gasteiger charge is -2.34. The van der Waals surface area contributed by atoms with Crippen LogP contribution in [-0.4, -0.2) is 49.5 Å². The van der Waals surface area contributed by atoms with Crippen LogP contribution in [0.2, 0.25) is 0 Å². The van der Waals surface area contributed by atoms with E-state index in [0.29, 0.717) is 38.0 Å². The number of carbonyl (C=O) groups excluding carboxylic acids is 2. The van der Waals surface area contributed by atoms with E-state index in [1.165, 1.54) is 4.31 Å². The molecule has 0 spiro atoms. The number of nitrogens with one attached hydrogen (secondary N) is 2. The van der Waals surface area contributed by atoms with Crippen molar-refractivity contribution in [1.82, 2.24) is 9.62 Å². The third-order valence-corrected chi connectivity index (χ3v) is 7.30. The summed E-state index contributed by atoms with van der Waals surface area (Å²) in [7, 11) is -3.66. The number of amides is 2. The van der Waals surface area contributed by atoms with Crippen LogP contribution >= 0.6 is 0 Å². The number of fused-ring (bicyclic) bond motifs is 1. The third-order valence-electron chi connectivity index (χ3n) is 5.41. The average molecular weight is 438 g/mol. The predicted octanol–water partition coefficient (Wildman–Crippen LogP) is 2.98. The van der Waals surface area contributed by atoms with Crippen LogP contribution in [0.5, 0.6) is 0 Å². The Morgan fingerprint density at radius 1 is 1.23 bits per heavy atom. The molecular formula is C21H31N3O5S. The Bertz CT molecular complexity index is 942. The molecule has 9 heteroatoms. The van der Waals surface area contributed by atoms with E-state index in [-0.39, 0.29) is 16.8 Å². The molecule has 0 unspecified atom stereocenters. The van der Waals surface area contributed by atoms with Crippen LogP contribution in [0.15, 0.2) is 23.1 Å². The predicted molar refractivity (Wildman–Crippen MR) is 114 cm³/mol. The van der Waals surface area contributed by atoms with Crippen molar-refractivity contribution < 1.29 is 22.7 Å². The third kappa shape index (κ3) is 4.95. The van der Waals surface area contributed by atoms with Crippen molar-refractivity contribution in [2.75, 3.05) is 18.4 Å². The largest absolute Gasteiger partial charge is 0.444 e. The number of ether oxygens (including phenoxy) is 1. The van der Waals surface area contributed by atoms with E-state index < -0.39 is 27.1 Å². The molecule has 8 nitrogen and oxygen atoms in total. The van der Waals surface area contributed by atoms with Gasteiger partial charge >= 0.3 is 6.09 Å². The van der Waals surface area contributed by atoms with Gasteiger partial charge in [0.25, 0.3) is 0 Å². The summed E-state index contributed by atoms with van der Waals surface area (Å²) >= 11 is 0. The zero-order chi connectivity index (χ0) is 22.3. The van der Waals surface area contributed by atoms with Gasteiger partial charge in [-0.1, -0.05) is 13.8 Å². The van der Waals surface area contributed by atoms with Gasteiger partial charge < -0.3 is 15.4 Å². The standard InChI is InChI=1S/C21H31N3O5S/c1-20(2,3)29-19(26)22-14-8-10-24(11-9-14)30(27,28)15-6-7-17-16(12-15)21(4,5)13-18(25)23-17/h6-7,12,14H,8-11,13H2,1-5H3,(H,22,26)(H,23,25). The van der Waals surface area contributed by atoms with Gasteiger partial charge in [0.15, 0.2) is 0 Å². The fourth-order valence-electron chi connectivity index (χ4n) is 3.91. The lowest BCUT2D eigenvalue weighted by Crippen LogP contribution is -2.47. The normalized spacial score (nSPS) is 20.2. The highest BCUT2D eigenvalue weighted by molar-refractivity contribution is 7.89. The van der Waals surface area contributed by atoms with Crippen molar-refractivity contribution in [3.05, 3.63) is 23.8 Å². The van der Waals surface area contributed by atoms with Gasteiger partial charge in [-0.15, -0.1) is 0 Å². The number of alkyl carbamates (subject to hydrolysis) is 1. The second-order valence-electron chi connectivity index (χ2n) is 9.64. The first kappa shape index (κ1) is 22.6. The van der Waals surface area contributed by atoms with Crippen LogP contribution in [0.4, 0.5) is 10.5 Å². The smallest absolute Gasteiger partial charge is 0.407 e. The van der Waals surface area contributed by atoms with Gasteiger partial charge in [0, 0.05) is 36.7 Å². The van der Waals surface area contributed by atoms with Crippen LogP contribution in [0.1, 0.15) is 59.4 Å². The fraction of sp³-hybridized carbons (Fsp3) is 0.619. The summed E-state index contributed by atoms with van der Waals surface area (Å²) in [4.78, 5) is 24.1. The first-order valence-corrected chi connectivity index (χ1v) is 11.7. The van der Waals surface area contributed by atoms with Gasteiger partial charge in [-0.25, -0.2) is 13.2 Å². The molecule has 1 fully saturated rings. The highest BCUT2D eigenvalue weighted by atomic mass is 32.2. The maximum absolute atomic E-state index is 13.2. The summed E-state index contributed by atoms with van der Waals surface area (Å²) in [5.41, 5.74) is 0.474. The van der Waals surface area contributed by atoms with Crippen LogP contribution in [0.25, 0.3) is 0 Å². The van der Waals surface area contributed by atoms with Crippen molar-refractivity contribution in [2.45, 2.75) is 75.8 Å². The molecule has 0 aliphatic carbocycles. The molecule has 0 atom stereocenters. The fourth-order valence-corrected chi connectivity index (χ4v) is 5.40. The number of hydrogen-bond donors (Lipinski definition) is 2. The molecule has 3 rings (SSSR count).